The number of nitrogens with zero attached hydrogens (tertiary/aromatic N) is 2. The highest BCUT2D eigenvalue weighted by atomic mass is 127. The summed E-state index contributed by atoms with van der Waals surface area (Å²) < 4.78 is 34.4. The van der Waals surface area contributed by atoms with Crippen LogP contribution in [0.15, 0.2) is 70.6 Å². The summed E-state index contributed by atoms with van der Waals surface area (Å²) >= 11 is 5.69. The van der Waals surface area contributed by atoms with Gasteiger partial charge >= 0.3 is 0 Å². The maximum absolute atomic E-state index is 13.4. The molecule has 4 rings (SSSR count). The molecule has 1 fully saturated rings. The number of carbonyl (C=O) groups is 1. The Morgan fingerprint density at radius 2 is 1.74 bits per heavy atom. The average Bonchev–Trinajstić information content (AvgIpc) is 3.08. The molecule has 0 N–H and O–H groups in total. The van der Waals surface area contributed by atoms with Crippen molar-refractivity contribution in [3.8, 4) is 5.75 Å². The van der Waals surface area contributed by atoms with Crippen LogP contribution in [0.25, 0.3) is 6.08 Å². The molecule has 1 saturated heterocycles. The second-order valence-corrected chi connectivity index (χ2v) is 10.6. The van der Waals surface area contributed by atoms with Crippen molar-refractivity contribution in [1.29, 1.82) is 0 Å². The summed E-state index contributed by atoms with van der Waals surface area (Å²) in [5, 5.41) is 0.560. The lowest BCUT2D eigenvalue weighted by molar-refractivity contribution is -0.122. The Hall–Kier alpha value is -1.99. The second kappa shape index (κ2) is 11.2. The molecule has 1 amide bonds. The molecular weight excluding hydrogens is 684 g/mol. The smallest absolute Gasteiger partial charge is 0.266 e. The zero-order valence-corrected chi connectivity index (χ0v) is 23.0. The summed E-state index contributed by atoms with van der Waals surface area (Å²) in [6, 6.07) is 16.0. The Balaban J connectivity index is 1.55. The van der Waals surface area contributed by atoms with Crippen molar-refractivity contribution in [2.45, 2.75) is 13.5 Å². The topological polar surface area (TPSA) is 41.9 Å². The van der Waals surface area contributed by atoms with Gasteiger partial charge in [0.15, 0.2) is 5.17 Å². The van der Waals surface area contributed by atoms with Crippen LogP contribution in [-0.2, 0) is 11.4 Å². The number of halogens is 4. The summed E-state index contributed by atoms with van der Waals surface area (Å²) in [6.45, 7) is 2.62. The minimum Gasteiger partial charge on any atom is -0.487 e. The van der Waals surface area contributed by atoms with E-state index in [-0.39, 0.29) is 24.1 Å². The molecule has 1 aliphatic rings. The van der Waals surface area contributed by atoms with Crippen LogP contribution in [0, 0.1) is 18.8 Å². The number of carbonyl (C=O) groups excluding carboxylic acids is 1. The molecule has 0 aliphatic carbocycles. The molecule has 9 heteroatoms. The van der Waals surface area contributed by atoms with Crippen LogP contribution in [0.5, 0.6) is 5.75 Å². The molecule has 4 nitrogen and oxygen atoms in total. The van der Waals surface area contributed by atoms with E-state index in [4.69, 9.17) is 4.74 Å². The highest BCUT2D eigenvalue weighted by Gasteiger charge is 2.32. The summed E-state index contributed by atoms with van der Waals surface area (Å²) in [7, 11) is 0. The van der Waals surface area contributed by atoms with E-state index in [2.05, 4.69) is 50.2 Å². The van der Waals surface area contributed by atoms with Crippen LogP contribution in [0.4, 0.5) is 14.5 Å². The summed E-state index contributed by atoms with van der Waals surface area (Å²) in [5.74, 6) is -0.0363. The Bertz CT molecular complexity index is 1270. The van der Waals surface area contributed by atoms with Crippen molar-refractivity contribution in [1.82, 2.24) is 4.90 Å². The first kappa shape index (κ1) is 25.1. The largest absolute Gasteiger partial charge is 0.487 e. The van der Waals surface area contributed by atoms with E-state index >= 15 is 0 Å². The number of aliphatic imine (C=N–C) groups is 1. The average molecular weight is 702 g/mol. The molecule has 0 saturated carbocycles. The van der Waals surface area contributed by atoms with Crippen LogP contribution < -0.4 is 4.74 Å². The van der Waals surface area contributed by atoms with Crippen LogP contribution >= 0.6 is 56.9 Å². The van der Waals surface area contributed by atoms with Gasteiger partial charge in [-0.1, -0.05) is 12.1 Å². The van der Waals surface area contributed by atoms with Crippen LogP contribution in [0.2, 0.25) is 0 Å². The third-order valence-corrected chi connectivity index (χ3v) is 7.46. The van der Waals surface area contributed by atoms with Crippen LogP contribution in [0.3, 0.4) is 0 Å². The highest BCUT2D eigenvalue weighted by Crippen LogP contribution is 2.36. The lowest BCUT2D eigenvalue weighted by Gasteiger charge is -2.12. The maximum atomic E-state index is 13.4. The van der Waals surface area contributed by atoms with Gasteiger partial charge in [0.2, 0.25) is 0 Å². The standard InChI is InChI=1S/C25H18F2I2N2O2S/c1-2-31-24(32)22(34-25(31)30-19-8-6-17(26)7-9-19)13-16-11-20(28)23(21(29)12-16)33-14-15-4-3-5-18(27)10-15/h3-13H,2,14H2,1H3/b22-13+,30-25?. The van der Waals surface area contributed by atoms with Gasteiger partial charge in [-0.2, -0.15) is 0 Å². The first-order chi connectivity index (χ1) is 16.3. The van der Waals surface area contributed by atoms with Gasteiger partial charge in [0, 0.05) is 6.54 Å². The third kappa shape index (κ3) is 5.98. The second-order valence-electron chi connectivity index (χ2n) is 7.26. The van der Waals surface area contributed by atoms with Crippen molar-refractivity contribution in [3.05, 3.63) is 95.5 Å². The van der Waals surface area contributed by atoms with Gasteiger partial charge in [-0.15, -0.1) is 0 Å². The van der Waals surface area contributed by atoms with E-state index < -0.39 is 0 Å². The van der Waals surface area contributed by atoms with E-state index in [1.165, 1.54) is 36.0 Å². The third-order valence-electron chi connectivity index (χ3n) is 4.85. The molecule has 3 aromatic rings. The predicted molar refractivity (Wildman–Crippen MR) is 149 cm³/mol. The Morgan fingerprint density at radius 3 is 2.38 bits per heavy atom. The number of benzene rings is 3. The van der Waals surface area contributed by atoms with E-state index in [0.717, 1.165) is 18.3 Å². The molecule has 0 bridgehead atoms. The van der Waals surface area contributed by atoms with Gasteiger partial charge < -0.3 is 4.74 Å². The van der Waals surface area contributed by atoms with Crippen molar-refractivity contribution in [2.75, 3.05) is 6.54 Å². The van der Waals surface area contributed by atoms with Crippen molar-refractivity contribution >= 4 is 79.8 Å². The Morgan fingerprint density at radius 1 is 1.03 bits per heavy atom. The van der Waals surface area contributed by atoms with E-state index in [9.17, 15) is 13.6 Å². The molecular formula is C25H18F2I2N2O2S. The van der Waals surface area contributed by atoms with Gasteiger partial charge in [-0.05, 0) is 130 Å². The number of thioether (sulfide) groups is 1. The molecule has 174 valence electrons. The molecule has 0 aromatic heterocycles. The molecule has 0 spiro atoms. The molecule has 0 unspecified atom stereocenters. The van der Waals surface area contributed by atoms with Crippen molar-refractivity contribution < 1.29 is 18.3 Å². The number of rotatable bonds is 6. The van der Waals surface area contributed by atoms with E-state index in [0.29, 0.717) is 28.1 Å². The number of amidine groups is 1. The van der Waals surface area contributed by atoms with Gasteiger partial charge in [0.05, 0.1) is 17.7 Å². The SMILES string of the molecule is CCN1C(=O)/C(=C\c2cc(I)c(OCc3cccc(F)c3)c(I)c2)SC1=Nc1ccc(F)cc1. The predicted octanol–water partition coefficient (Wildman–Crippen LogP) is 7.38. The fourth-order valence-corrected chi connectivity index (χ4v) is 6.42. The fourth-order valence-electron chi connectivity index (χ4n) is 3.23. The lowest BCUT2D eigenvalue weighted by Crippen LogP contribution is -2.28. The summed E-state index contributed by atoms with van der Waals surface area (Å²) in [5.41, 5.74) is 2.19. The van der Waals surface area contributed by atoms with Gasteiger partial charge in [-0.3, -0.25) is 9.69 Å². The van der Waals surface area contributed by atoms with Gasteiger partial charge in [0.25, 0.3) is 5.91 Å². The lowest BCUT2D eigenvalue weighted by atomic mass is 10.2. The summed E-state index contributed by atoms with van der Waals surface area (Å²) in [4.78, 5) is 19.6. The monoisotopic (exact) mass is 702 g/mol. The number of amides is 1. The minimum atomic E-state index is -0.334. The number of hydrogen-bond acceptors (Lipinski definition) is 4. The number of likely N-dealkylation sites (N-methyl/N-ethyl adjacent to an activating group) is 1. The Labute approximate surface area is 227 Å². The normalized spacial score (nSPS) is 16.0. The minimum absolute atomic E-state index is 0.121. The van der Waals surface area contributed by atoms with Crippen molar-refractivity contribution in [3.63, 3.8) is 0 Å². The zero-order valence-electron chi connectivity index (χ0n) is 17.9. The Kier molecular flexibility index (Phi) is 8.25. The quantitative estimate of drug-likeness (QED) is 0.199. The maximum Gasteiger partial charge on any atom is 0.266 e. The molecule has 1 heterocycles. The van der Waals surface area contributed by atoms with Gasteiger partial charge in [0.1, 0.15) is 24.0 Å². The summed E-state index contributed by atoms with van der Waals surface area (Å²) in [6.07, 6.45) is 1.84. The molecule has 3 aromatic carbocycles. The first-order valence-electron chi connectivity index (χ1n) is 10.3. The molecule has 34 heavy (non-hydrogen) atoms. The highest BCUT2D eigenvalue weighted by molar-refractivity contribution is 14.1. The zero-order chi connectivity index (χ0) is 24.2. The van der Waals surface area contributed by atoms with E-state index in [1.54, 1.807) is 23.1 Å². The molecule has 1 aliphatic heterocycles. The fraction of sp³-hybridized carbons (Fsp3) is 0.120. The van der Waals surface area contributed by atoms with Gasteiger partial charge in [-0.25, -0.2) is 13.8 Å². The molecule has 0 radical (unpaired) electrons. The van der Waals surface area contributed by atoms with Crippen LogP contribution in [0.1, 0.15) is 18.1 Å². The van der Waals surface area contributed by atoms with E-state index in [1.807, 2.05) is 31.2 Å². The molecule has 0 atom stereocenters. The first-order valence-corrected chi connectivity index (χ1v) is 13.2. The number of hydrogen-bond donors (Lipinski definition) is 0. The van der Waals surface area contributed by atoms with Crippen LogP contribution in [-0.4, -0.2) is 22.5 Å². The number of ether oxygens (including phenoxy) is 1. The van der Waals surface area contributed by atoms with Crippen molar-refractivity contribution in [2.24, 2.45) is 4.99 Å².